The SMILES string of the molecule is CCN1CCN(c2ccc(NC(=O)Cc3ccccc3)cc2S(=O)(=O)NC(C)c2ccccc2)CC1. The minimum atomic E-state index is -3.88. The molecular formula is C28H34N4O3S. The third kappa shape index (κ3) is 6.51. The highest BCUT2D eigenvalue weighted by Crippen LogP contribution is 2.31. The van der Waals surface area contributed by atoms with E-state index < -0.39 is 16.1 Å². The van der Waals surface area contributed by atoms with Crippen molar-refractivity contribution in [3.05, 3.63) is 90.0 Å². The van der Waals surface area contributed by atoms with Crippen LogP contribution < -0.4 is 14.9 Å². The first-order valence-electron chi connectivity index (χ1n) is 12.4. The van der Waals surface area contributed by atoms with Gasteiger partial charge in [0.2, 0.25) is 15.9 Å². The fourth-order valence-corrected chi connectivity index (χ4v) is 5.95. The van der Waals surface area contributed by atoms with Crippen molar-refractivity contribution in [1.29, 1.82) is 0 Å². The minimum absolute atomic E-state index is 0.174. The molecule has 0 aromatic heterocycles. The van der Waals surface area contributed by atoms with Crippen LogP contribution in [0.15, 0.2) is 83.8 Å². The number of nitrogens with zero attached hydrogens (tertiary/aromatic N) is 2. The fraction of sp³-hybridized carbons (Fsp3) is 0.321. The van der Waals surface area contributed by atoms with Gasteiger partial charge in [-0.3, -0.25) is 4.79 Å². The van der Waals surface area contributed by atoms with Gasteiger partial charge in [-0.25, -0.2) is 13.1 Å². The van der Waals surface area contributed by atoms with E-state index in [0.29, 0.717) is 11.4 Å². The molecule has 4 rings (SSSR count). The summed E-state index contributed by atoms with van der Waals surface area (Å²) in [7, 11) is -3.88. The third-order valence-corrected chi connectivity index (χ3v) is 8.10. The zero-order valence-electron chi connectivity index (χ0n) is 20.9. The number of hydrogen-bond acceptors (Lipinski definition) is 5. The van der Waals surface area contributed by atoms with E-state index in [1.54, 1.807) is 12.1 Å². The van der Waals surface area contributed by atoms with Gasteiger partial charge in [0, 0.05) is 37.9 Å². The van der Waals surface area contributed by atoms with Crippen LogP contribution in [0.2, 0.25) is 0 Å². The second kappa shape index (κ2) is 11.7. The van der Waals surface area contributed by atoms with Crippen molar-refractivity contribution in [2.24, 2.45) is 0 Å². The predicted molar refractivity (Wildman–Crippen MR) is 145 cm³/mol. The van der Waals surface area contributed by atoms with E-state index in [1.807, 2.05) is 73.7 Å². The van der Waals surface area contributed by atoms with Gasteiger partial charge in [-0.1, -0.05) is 67.6 Å². The molecule has 3 aromatic carbocycles. The summed E-state index contributed by atoms with van der Waals surface area (Å²) in [5.41, 5.74) is 2.89. The Morgan fingerprint density at radius 3 is 2.19 bits per heavy atom. The molecule has 0 saturated carbocycles. The summed E-state index contributed by atoms with van der Waals surface area (Å²) in [5.74, 6) is -0.195. The zero-order chi connectivity index (χ0) is 25.5. The first kappa shape index (κ1) is 25.9. The number of sulfonamides is 1. The largest absolute Gasteiger partial charge is 0.368 e. The zero-order valence-corrected chi connectivity index (χ0v) is 21.7. The van der Waals surface area contributed by atoms with E-state index in [1.165, 1.54) is 0 Å². The number of amides is 1. The molecule has 1 fully saturated rings. The normalized spacial score (nSPS) is 15.4. The Hall–Kier alpha value is -3.20. The summed E-state index contributed by atoms with van der Waals surface area (Å²) in [6.45, 7) is 8.17. The summed E-state index contributed by atoms with van der Waals surface area (Å²) in [5, 5.41) is 2.88. The lowest BCUT2D eigenvalue weighted by molar-refractivity contribution is -0.115. The Labute approximate surface area is 214 Å². The number of carbonyl (C=O) groups is 1. The van der Waals surface area contributed by atoms with Gasteiger partial charge in [0.1, 0.15) is 4.90 Å². The van der Waals surface area contributed by atoms with E-state index >= 15 is 0 Å². The van der Waals surface area contributed by atoms with E-state index in [2.05, 4.69) is 26.8 Å². The number of rotatable bonds is 9. The number of carbonyl (C=O) groups excluding carboxylic acids is 1. The molecule has 8 heteroatoms. The fourth-order valence-electron chi connectivity index (χ4n) is 4.47. The number of piperazine rings is 1. The Kier molecular flexibility index (Phi) is 8.40. The highest BCUT2D eigenvalue weighted by Gasteiger charge is 2.27. The highest BCUT2D eigenvalue weighted by atomic mass is 32.2. The lowest BCUT2D eigenvalue weighted by Gasteiger charge is -2.36. The molecule has 0 bridgehead atoms. The van der Waals surface area contributed by atoms with Gasteiger partial charge in [-0.15, -0.1) is 0 Å². The second-order valence-corrected chi connectivity index (χ2v) is 10.8. The van der Waals surface area contributed by atoms with Gasteiger partial charge in [0.15, 0.2) is 0 Å². The van der Waals surface area contributed by atoms with Crippen LogP contribution in [0.3, 0.4) is 0 Å². The Morgan fingerprint density at radius 2 is 1.56 bits per heavy atom. The maximum Gasteiger partial charge on any atom is 0.243 e. The molecule has 3 aromatic rings. The highest BCUT2D eigenvalue weighted by molar-refractivity contribution is 7.89. The first-order valence-corrected chi connectivity index (χ1v) is 13.9. The number of benzene rings is 3. The summed E-state index contributed by atoms with van der Waals surface area (Å²) < 4.78 is 30.2. The van der Waals surface area contributed by atoms with Crippen LogP contribution in [0.25, 0.3) is 0 Å². The average Bonchev–Trinajstić information content (AvgIpc) is 2.89. The molecule has 2 N–H and O–H groups in total. The Bertz CT molecular complexity index is 1260. The molecule has 1 aliphatic heterocycles. The van der Waals surface area contributed by atoms with E-state index in [4.69, 9.17) is 0 Å². The van der Waals surface area contributed by atoms with Gasteiger partial charge in [-0.05, 0) is 42.8 Å². The lowest BCUT2D eigenvalue weighted by atomic mass is 10.1. The average molecular weight is 507 g/mol. The van der Waals surface area contributed by atoms with Crippen LogP contribution in [0, 0.1) is 0 Å². The van der Waals surface area contributed by atoms with Gasteiger partial charge in [0.05, 0.1) is 12.1 Å². The van der Waals surface area contributed by atoms with E-state index in [9.17, 15) is 13.2 Å². The molecule has 1 unspecified atom stereocenters. The van der Waals surface area contributed by atoms with Crippen LogP contribution >= 0.6 is 0 Å². The van der Waals surface area contributed by atoms with Crippen LogP contribution in [0.4, 0.5) is 11.4 Å². The summed E-state index contributed by atoms with van der Waals surface area (Å²) >= 11 is 0. The molecule has 0 aliphatic carbocycles. The molecule has 1 heterocycles. The van der Waals surface area contributed by atoms with Gasteiger partial charge >= 0.3 is 0 Å². The van der Waals surface area contributed by atoms with Crippen LogP contribution in [0.1, 0.15) is 31.0 Å². The molecule has 1 saturated heterocycles. The molecule has 1 atom stereocenters. The van der Waals surface area contributed by atoms with Crippen molar-refractivity contribution in [3.8, 4) is 0 Å². The number of anilines is 2. The molecule has 1 amide bonds. The van der Waals surface area contributed by atoms with E-state index in [0.717, 1.165) is 43.9 Å². The van der Waals surface area contributed by atoms with Crippen molar-refractivity contribution in [3.63, 3.8) is 0 Å². The quantitative estimate of drug-likeness (QED) is 0.458. The predicted octanol–water partition coefficient (Wildman–Crippen LogP) is 4.05. The topological polar surface area (TPSA) is 81.8 Å². The van der Waals surface area contributed by atoms with Crippen LogP contribution in [0.5, 0.6) is 0 Å². The Morgan fingerprint density at radius 1 is 0.917 bits per heavy atom. The molecule has 190 valence electrons. The third-order valence-electron chi connectivity index (χ3n) is 6.53. The van der Waals surface area contributed by atoms with Crippen molar-refractivity contribution >= 4 is 27.3 Å². The van der Waals surface area contributed by atoms with Crippen LogP contribution in [-0.2, 0) is 21.2 Å². The Balaban J connectivity index is 1.61. The first-order chi connectivity index (χ1) is 17.4. The maximum absolute atomic E-state index is 13.7. The molecular weight excluding hydrogens is 472 g/mol. The van der Waals surface area contributed by atoms with Gasteiger partial charge in [0.25, 0.3) is 0 Å². The molecule has 1 aliphatic rings. The summed E-state index contributed by atoms with van der Waals surface area (Å²) in [6.07, 6.45) is 0.215. The number of hydrogen-bond donors (Lipinski definition) is 2. The molecule has 36 heavy (non-hydrogen) atoms. The van der Waals surface area contributed by atoms with Crippen LogP contribution in [-0.4, -0.2) is 51.9 Å². The molecule has 0 radical (unpaired) electrons. The summed E-state index contributed by atoms with van der Waals surface area (Å²) in [6, 6.07) is 23.7. The van der Waals surface area contributed by atoms with Crippen molar-refractivity contribution in [2.75, 3.05) is 42.9 Å². The van der Waals surface area contributed by atoms with Gasteiger partial charge in [-0.2, -0.15) is 0 Å². The number of likely N-dealkylation sites (N-methyl/N-ethyl adjacent to an activating group) is 1. The standard InChI is InChI=1S/C28H34N4O3S/c1-3-31-16-18-32(19-17-31)26-15-14-25(29-28(33)20-23-10-6-4-7-11-23)21-27(26)36(34,35)30-22(2)24-12-8-5-9-13-24/h4-15,21-22,30H,3,16-20H2,1-2H3,(H,29,33). The maximum atomic E-state index is 13.7. The lowest BCUT2D eigenvalue weighted by Crippen LogP contribution is -2.46. The summed E-state index contributed by atoms with van der Waals surface area (Å²) in [4.78, 5) is 17.3. The smallest absolute Gasteiger partial charge is 0.243 e. The monoisotopic (exact) mass is 506 g/mol. The van der Waals surface area contributed by atoms with Crippen molar-refractivity contribution < 1.29 is 13.2 Å². The van der Waals surface area contributed by atoms with Crippen molar-refractivity contribution in [1.82, 2.24) is 9.62 Å². The molecule has 7 nitrogen and oxygen atoms in total. The number of nitrogens with one attached hydrogen (secondary N) is 2. The second-order valence-electron chi connectivity index (χ2n) is 9.07. The minimum Gasteiger partial charge on any atom is -0.368 e. The van der Waals surface area contributed by atoms with Gasteiger partial charge < -0.3 is 15.1 Å². The van der Waals surface area contributed by atoms with Crippen molar-refractivity contribution in [2.45, 2.75) is 31.2 Å². The molecule has 0 spiro atoms. The van der Waals surface area contributed by atoms with E-state index in [-0.39, 0.29) is 17.2 Å².